The first-order valence-corrected chi connectivity index (χ1v) is 8.93. The van der Waals surface area contributed by atoms with Crippen molar-refractivity contribution in [3.8, 4) is 0 Å². The Morgan fingerprint density at radius 1 is 1.32 bits per heavy atom. The Morgan fingerprint density at radius 2 is 2.16 bits per heavy atom. The van der Waals surface area contributed by atoms with Crippen LogP contribution < -0.4 is 4.90 Å². The molecule has 0 spiro atoms. The molecule has 0 amide bonds. The minimum absolute atomic E-state index is 0.0107. The average molecular weight is 344 g/mol. The molecule has 25 heavy (non-hydrogen) atoms. The fraction of sp³-hybridized carbons (Fsp3) is 0.647. The topological polar surface area (TPSA) is 91.4 Å². The number of hydrogen-bond acceptors (Lipinski definition) is 8. The zero-order valence-corrected chi connectivity index (χ0v) is 14.7. The number of likely N-dealkylation sites (N-methyl/N-ethyl adjacent to an activating group) is 1. The number of aliphatic hydroxyl groups excluding tert-OH is 1. The second-order valence-corrected chi connectivity index (χ2v) is 6.86. The maximum Gasteiger partial charge on any atom is 0.230 e. The fourth-order valence-electron chi connectivity index (χ4n) is 3.43. The fourth-order valence-corrected chi connectivity index (χ4v) is 3.43. The molecular formula is C17H24N6O2. The van der Waals surface area contributed by atoms with Crippen LogP contribution in [0.4, 0.5) is 5.82 Å². The molecule has 8 heteroatoms. The van der Waals surface area contributed by atoms with Crippen molar-refractivity contribution in [2.45, 2.75) is 51.3 Å². The number of nitrogens with zero attached hydrogens (tertiary/aromatic N) is 6. The van der Waals surface area contributed by atoms with Crippen LogP contribution in [0.1, 0.15) is 43.3 Å². The number of hydrogen-bond donors (Lipinski definition) is 1. The summed E-state index contributed by atoms with van der Waals surface area (Å²) in [6.45, 7) is 6.51. The Balaban J connectivity index is 1.46. The van der Waals surface area contributed by atoms with Crippen molar-refractivity contribution in [1.29, 1.82) is 0 Å². The molecule has 8 nitrogen and oxygen atoms in total. The van der Waals surface area contributed by atoms with Gasteiger partial charge < -0.3 is 14.4 Å². The van der Waals surface area contributed by atoms with Gasteiger partial charge in [0.05, 0.1) is 18.7 Å². The van der Waals surface area contributed by atoms with Gasteiger partial charge in [-0.2, -0.15) is 0 Å². The molecule has 0 aromatic carbocycles. The number of aliphatic hydroxyl groups is 1. The monoisotopic (exact) mass is 344 g/mol. The van der Waals surface area contributed by atoms with Crippen LogP contribution in [0.15, 0.2) is 16.7 Å². The zero-order chi connectivity index (χ0) is 17.4. The molecule has 0 radical (unpaired) electrons. The van der Waals surface area contributed by atoms with Gasteiger partial charge in [0.1, 0.15) is 11.6 Å². The molecule has 1 aliphatic heterocycles. The van der Waals surface area contributed by atoms with Crippen LogP contribution in [0.2, 0.25) is 0 Å². The summed E-state index contributed by atoms with van der Waals surface area (Å²) in [4.78, 5) is 13.4. The Bertz CT molecular complexity index is 731. The predicted molar refractivity (Wildman–Crippen MR) is 91.1 cm³/mol. The Kier molecular flexibility index (Phi) is 4.39. The van der Waals surface area contributed by atoms with Gasteiger partial charge in [0.15, 0.2) is 0 Å². The molecule has 2 aromatic rings. The molecule has 2 atom stereocenters. The number of anilines is 1. The van der Waals surface area contributed by atoms with Gasteiger partial charge in [-0.15, -0.1) is 10.2 Å². The highest BCUT2D eigenvalue weighted by atomic mass is 16.4. The summed E-state index contributed by atoms with van der Waals surface area (Å²) in [5, 5.41) is 18.6. The molecular weight excluding hydrogens is 320 g/mol. The highest BCUT2D eigenvalue weighted by Crippen LogP contribution is 2.38. The predicted octanol–water partition coefficient (Wildman–Crippen LogP) is 1.12. The van der Waals surface area contributed by atoms with E-state index in [1.54, 1.807) is 6.92 Å². The van der Waals surface area contributed by atoms with Crippen LogP contribution in [0, 0.1) is 6.92 Å². The maximum atomic E-state index is 10.6. The van der Waals surface area contributed by atoms with Crippen LogP contribution in [0.3, 0.4) is 0 Å². The highest BCUT2D eigenvalue weighted by molar-refractivity contribution is 5.40. The normalized spacial score (nSPS) is 23.6. The first-order chi connectivity index (χ1) is 12.1. The van der Waals surface area contributed by atoms with Crippen LogP contribution >= 0.6 is 0 Å². The Morgan fingerprint density at radius 3 is 2.84 bits per heavy atom. The van der Waals surface area contributed by atoms with E-state index in [1.807, 2.05) is 12.3 Å². The molecule has 4 rings (SSSR count). The largest absolute Gasteiger partial charge is 0.424 e. The summed E-state index contributed by atoms with van der Waals surface area (Å²) >= 11 is 0. The maximum absolute atomic E-state index is 10.6. The van der Waals surface area contributed by atoms with Crippen molar-refractivity contribution >= 4 is 5.82 Å². The lowest BCUT2D eigenvalue weighted by Gasteiger charge is -2.28. The lowest BCUT2D eigenvalue weighted by Crippen LogP contribution is -2.42. The third-order valence-corrected chi connectivity index (χ3v) is 4.97. The molecule has 2 fully saturated rings. The van der Waals surface area contributed by atoms with E-state index in [2.05, 4.69) is 31.9 Å². The van der Waals surface area contributed by atoms with Gasteiger partial charge in [-0.1, -0.05) is 6.92 Å². The first kappa shape index (κ1) is 16.4. The van der Waals surface area contributed by atoms with E-state index in [9.17, 15) is 5.11 Å². The van der Waals surface area contributed by atoms with Gasteiger partial charge in [0, 0.05) is 32.1 Å². The standard InChI is InChI=1S/C17H24N6O2/c1-3-22(10-16-21-20-11(2)25-16)13-8-23(9-14(13)24)15-6-7-18-17(19-15)12-4-5-12/h6-7,12-14,24H,3-5,8-10H2,1-2H3/t13?,14-/m1/s1. The zero-order valence-electron chi connectivity index (χ0n) is 14.7. The highest BCUT2D eigenvalue weighted by Gasteiger charge is 2.36. The molecule has 1 saturated carbocycles. The average Bonchev–Trinajstić information content (AvgIpc) is 3.29. The summed E-state index contributed by atoms with van der Waals surface area (Å²) in [7, 11) is 0. The summed E-state index contributed by atoms with van der Waals surface area (Å²) in [6, 6.07) is 1.94. The lowest BCUT2D eigenvalue weighted by molar-refractivity contribution is 0.0761. The van der Waals surface area contributed by atoms with Crippen molar-refractivity contribution < 1.29 is 9.52 Å². The number of aryl methyl sites for hydroxylation is 1. The van der Waals surface area contributed by atoms with Crippen molar-refractivity contribution in [2.75, 3.05) is 24.5 Å². The van der Waals surface area contributed by atoms with E-state index >= 15 is 0 Å². The van der Waals surface area contributed by atoms with E-state index in [1.165, 1.54) is 12.8 Å². The smallest absolute Gasteiger partial charge is 0.230 e. The molecule has 1 N–H and O–H groups in total. The van der Waals surface area contributed by atoms with Gasteiger partial charge in [-0.25, -0.2) is 9.97 Å². The van der Waals surface area contributed by atoms with Gasteiger partial charge in [0.25, 0.3) is 0 Å². The summed E-state index contributed by atoms with van der Waals surface area (Å²) in [5.74, 6) is 3.51. The van der Waals surface area contributed by atoms with Crippen LogP contribution in [-0.2, 0) is 6.54 Å². The summed E-state index contributed by atoms with van der Waals surface area (Å²) in [6.07, 6.45) is 3.75. The van der Waals surface area contributed by atoms with E-state index in [0.29, 0.717) is 30.8 Å². The first-order valence-electron chi connectivity index (χ1n) is 8.93. The molecule has 3 heterocycles. The van der Waals surface area contributed by atoms with Crippen molar-refractivity contribution in [3.05, 3.63) is 29.9 Å². The van der Waals surface area contributed by atoms with Gasteiger partial charge in [-0.05, 0) is 25.5 Å². The van der Waals surface area contributed by atoms with Gasteiger partial charge in [0.2, 0.25) is 11.8 Å². The molecule has 2 aromatic heterocycles. The van der Waals surface area contributed by atoms with Crippen LogP contribution in [0.5, 0.6) is 0 Å². The second kappa shape index (κ2) is 6.68. The van der Waals surface area contributed by atoms with Crippen molar-refractivity contribution in [1.82, 2.24) is 25.1 Å². The molecule has 1 saturated heterocycles. The number of β-amino-alcohol motifs (C(OH)–C–C–N with tert-alkyl or cyclic N) is 1. The van der Waals surface area contributed by atoms with Crippen molar-refractivity contribution in [3.63, 3.8) is 0 Å². The van der Waals surface area contributed by atoms with E-state index in [4.69, 9.17) is 9.40 Å². The van der Waals surface area contributed by atoms with Crippen LogP contribution in [0.25, 0.3) is 0 Å². The van der Waals surface area contributed by atoms with Crippen molar-refractivity contribution in [2.24, 2.45) is 0 Å². The molecule has 1 aliphatic carbocycles. The van der Waals surface area contributed by atoms with E-state index in [0.717, 1.165) is 24.7 Å². The summed E-state index contributed by atoms with van der Waals surface area (Å²) < 4.78 is 5.49. The molecule has 1 unspecified atom stereocenters. The minimum atomic E-state index is -0.441. The third kappa shape index (κ3) is 3.50. The van der Waals surface area contributed by atoms with Gasteiger partial charge in [-0.3, -0.25) is 4.90 Å². The Labute approximate surface area is 146 Å². The second-order valence-electron chi connectivity index (χ2n) is 6.86. The number of rotatable bonds is 6. The molecule has 2 aliphatic rings. The quantitative estimate of drug-likeness (QED) is 0.833. The minimum Gasteiger partial charge on any atom is -0.424 e. The van der Waals surface area contributed by atoms with E-state index < -0.39 is 6.10 Å². The van der Waals surface area contributed by atoms with E-state index in [-0.39, 0.29) is 6.04 Å². The van der Waals surface area contributed by atoms with Crippen LogP contribution in [-0.4, -0.2) is 62.0 Å². The lowest BCUT2D eigenvalue weighted by atomic mass is 10.2. The third-order valence-electron chi connectivity index (χ3n) is 4.97. The van der Waals surface area contributed by atoms with Gasteiger partial charge >= 0.3 is 0 Å². The Hall–Kier alpha value is -2.06. The molecule has 0 bridgehead atoms. The SMILES string of the molecule is CCN(Cc1nnc(C)o1)C1CN(c2ccnc(C3CC3)n2)C[C@H]1O. The molecule has 134 valence electrons. The summed E-state index contributed by atoms with van der Waals surface area (Å²) in [5.41, 5.74) is 0. The number of aromatic nitrogens is 4.